The molecule has 0 radical (unpaired) electrons. The lowest BCUT2D eigenvalue weighted by Crippen LogP contribution is -2.09. The van der Waals surface area contributed by atoms with Crippen LogP contribution in [-0.4, -0.2) is 9.97 Å². The van der Waals surface area contributed by atoms with E-state index in [0.717, 1.165) is 18.5 Å². The first-order valence-corrected chi connectivity index (χ1v) is 5.40. The van der Waals surface area contributed by atoms with Crippen molar-refractivity contribution < 1.29 is 0 Å². The zero-order valence-electron chi connectivity index (χ0n) is 9.57. The smallest absolute Gasteiger partial charge is 0.145 e. The Labute approximate surface area is 91.2 Å². The van der Waals surface area contributed by atoms with Gasteiger partial charge >= 0.3 is 0 Å². The van der Waals surface area contributed by atoms with E-state index >= 15 is 0 Å². The van der Waals surface area contributed by atoms with Crippen LogP contribution in [0.1, 0.15) is 44.6 Å². The number of nitriles is 1. The quantitative estimate of drug-likeness (QED) is 0.756. The average Bonchev–Trinajstić information content (AvgIpc) is 2.19. The Morgan fingerprint density at radius 2 is 2.20 bits per heavy atom. The summed E-state index contributed by atoms with van der Waals surface area (Å²) in [5.41, 5.74) is 1.03. The minimum absolute atomic E-state index is 0.193. The molecule has 0 fully saturated rings. The SMILES string of the molecule is CCCc1ccnc(C(C#N)C(C)C)n1. The first-order chi connectivity index (χ1) is 7.19. The molecule has 0 aromatic carbocycles. The van der Waals surface area contributed by atoms with Gasteiger partial charge in [0, 0.05) is 11.9 Å². The molecule has 0 aliphatic rings. The lowest BCUT2D eigenvalue weighted by atomic mass is 9.96. The third-order valence-electron chi connectivity index (χ3n) is 2.32. The van der Waals surface area contributed by atoms with Gasteiger partial charge in [-0.05, 0) is 18.4 Å². The summed E-state index contributed by atoms with van der Waals surface area (Å²) in [5, 5.41) is 9.04. The minimum Gasteiger partial charge on any atom is -0.240 e. The molecular formula is C12H17N3. The van der Waals surface area contributed by atoms with Crippen molar-refractivity contribution in [1.82, 2.24) is 9.97 Å². The molecule has 0 saturated heterocycles. The third-order valence-corrected chi connectivity index (χ3v) is 2.32. The predicted octanol–water partition coefficient (Wildman–Crippen LogP) is 2.69. The lowest BCUT2D eigenvalue weighted by molar-refractivity contribution is 0.558. The molecule has 0 saturated carbocycles. The molecule has 3 heteroatoms. The molecule has 80 valence electrons. The highest BCUT2D eigenvalue weighted by molar-refractivity contribution is 5.12. The van der Waals surface area contributed by atoms with Gasteiger partial charge in [-0.25, -0.2) is 9.97 Å². The van der Waals surface area contributed by atoms with E-state index in [9.17, 15) is 0 Å². The fraction of sp³-hybridized carbons (Fsp3) is 0.583. The number of aryl methyl sites for hydroxylation is 1. The monoisotopic (exact) mass is 203 g/mol. The molecule has 3 nitrogen and oxygen atoms in total. The van der Waals surface area contributed by atoms with Crippen molar-refractivity contribution >= 4 is 0 Å². The van der Waals surface area contributed by atoms with Crippen LogP contribution in [0.4, 0.5) is 0 Å². The predicted molar refractivity (Wildman–Crippen MR) is 59.2 cm³/mol. The van der Waals surface area contributed by atoms with Gasteiger partial charge in [-0.15, -0.1) is 0 Å². The van der Waals surface area contributed by atoms with Crippen LogP contribution in [0.5, 0.6) is 0 Å². The van der Waals surface area contributed by atoms with Gasteiger partial charge in [0.15, 0.2) is 0 Å². The number of hydrogen-bond acceptors (Lipinski definition) is 3. The van der Waals surface area contributed by atoms with Crippen molar-refractivity contribution in [2.24, 2.45) is 5.92 Å². The number of rotatable bonds is 4. The standard InChI is InChI=1S/C12H17N3/c1-4-5-10-6-7-14-12(15-10)11(8-13)9(2)3/h6-7,9,11H,4-5H2,1-3H3. The molecule has 15 heavy (non-hydrogen) atoms. The summed E-state index contributed by atoms with van der Waals surface area (Å²) in [6, 6.07) is 4.18. The second-order valence-electron chi connectivity index (χ2n) is 4.01. The van der Waals surface area contributed by atoms with Crippen molar-refractivity contribution in [3.8, 4) is 6.07 Å². The lowest BCUT2D eigenvalue weighted by Gasteiger charge is -2.11. The highest BCUT2D eigenvalue weighted by Gasteiger charge is 2.17. The Hall–Kier alpha value is -1.43. The van der Waals surface area contributed by atoms with E-state index in [1.165, 1.54) is 0 Å². The van der Waals surface area contributed by atoms with Crippen LogP contribution in [0.2, 0.25) is 0 Å². The summed E-state index contributed by atoms with van der Waals surface area (Å²) in [5.74, 6) is 0.729. The molecule has 1 aromatic heterocycles. The first-order valence-electron chi connectivity index (χ1n) is 5.40. The highest BCUT2D eigenvalue weighted by atomic mass is 14.9. The van der Waals surface area contributed by atoms with E-state index in [1.807, 2.05) is 19.9 Å². The Morgan fingerprint density at radius 1 is 1.47 bits per heavy atom. The summed E-state index contributed by atoms with van der Waals surface area (Å²) >= 11 is 0. The van der Waals surface area contributed by atoms with Gasteiger partial charge in [-0.2, -0.15) is 5.26 Å². The van der Waals surface area contributed by atoms with E-state index in [-0.39, 0.29) is 11.8 Å². The fourth-order valence-electron chi connectivity index (χ4n) is 1.46. The average molecular weight is 203 g/mol. The molecule has 1 rings (SSSR count). The molecule has 0 aliphatic heterocycles. The molecule has 1 unspecified atom stereocenters. The molecule has 0 N–H and O–H groups in total. The molecule has 1 aromatic rings. The van der Waals surface area contributed by atoms with Crippen LogP contribution in [-0.2, 0) is 6.42 Å². The van der Waals surface area contributed by atoms with Crippen molar-refractivity contribution in [2.45, 2.75) is 39.5 Å². The summed E-state index contributed by atoms with van der Waals surface area (Å²) in [7, 11) is 0. The van der Waals surface area contributed by atoms with E-state index in [4.69, 9.17) is 5.26 Å². The third kappa shape index (κ3) is 3.02. The Balaban J connectivity index is 2.94. The number of hydrogen-bond donors (Lipinski definition) is 0. The molecule has 1 heterocycles. The number of nitrogens with zero attached hydrogens (tertiary/aromatic N) is 3. The van der Waals surface area contributed by atoms with Gasteiger partial charge in [-0.3, -0.25) is 0 Å². The molecule has 1 atom stereocenters. The summed E-state index contributed by atoms with van der Waals surface area (Å²) in [6.07, 6.45) is 3.77. The maximum Gasteiger partial charge on any atom is 0.145 e. The highest BCUT2D eigenvalue weighted by Crippen LogP contribution is 2.20. The summed E-state index contributed by atoms with van der Waals surface area (Å²) < 4.78 is 0. The van der Waals surface area contributed by atoms with Crippen LogP contribution in [0.3, 0.4) is 0 Å². The van der Waals surface area contributed by atoms with Crippen LogP contribution in [0.15, 0.2) is 12.3 Å². The number of aromatic nitrogens is 2. The summed E-state index contributed by atoms with van der Waals surface area (Å²) in [6.45, 7) is 6.15. The van der Waals surface area contributed by atoms with Gasteiger partial charge < -0.3 is 0 Å². The van der Waals surface area contributed by atoms with E-state index in [2.05, 4.69) is 23.0 Å². The normalized spacial score (nSPS) is 12.5. The fourth-order valence-corrected chi connectivity index (χ4v) is 1.46. The van der Waals surface area contributed by atoms with Crippen LogP contribution < -0.4 is 0 Å². The zero-order valence-corrected chi connectivity index (χ0v) is 9.57. The van der Waals surface area contributed by atoms with Crippen molar-refractivity contribution in [2.75, 3.05) is 0 Å². The van der Waals surface area contributed by atoms with Crippen LogP contribution >= 0.6 is 0 Å². The molecular weight excluding hydrogens is 186 g/mol. The van der Waals surface area contributed by atoms with Gasteiger partial charge in [0.25, 0.3) is 0 Å². The molecule has 0 amide bonds. The Kier molecular flexibility index (Phi) is 4.23. The van der Waals surface area contributed by atoms with Crippen LogP contribution in [0, 0.1) is 17.2 Å². The summed E-state index contributed by atoms with van der Waals surface area (Å²) in [4.78, 5) is 8.60. The van der Waals surface area contributed by atoms with E-state index < -0.39 is 0 Å². The van der Waals surface area contributed by atoms with Gasteiger partial charge in [0.2, 0.25) is 0 Å². The van der Waals surface area contributed by atoms with Gasteiger partial charge in [-0.1, -0.05) is 27.2 Å². The van der Waals surface area contributed by atoms with Crippen molar-refractivity contribution in [1.29, 1.82) is 5.26 Å². The van der Waals surface area contributed by atoms with Crippen molar-refractivity contribution in [3.63, 3.8) is 0 Å². The van der Waals surface area contributed by atoms with E-state index in [0.29, 0.717) is 5.82 Å². The second-order valence-corrected chi connectivity index (χ2v) is 4.01. The topological polar surface area (TPSA) is 49.6 Å². The van der Waals surface area contributed by atoms with Crippen molar-refractivity contribution in [3.05, 3.63) is 23.8 Å². The Morgan fingerprint density at radius 3 is 2.73 bits per heavy atom. The van der Waals surface area contributed by atoms with Gasteiger partial charge in [0.05, 0.1) is 6.07 Å². The second kappa shape index (κ2) is 5.45. The molecule has 0 spiro atoms. The molecule has 0 bridgehead atoms. The minimum atomic E-state index is -0.193. The van der Waals surface area contributed by atoms with E-state index in [1.54, 1.807) is 6.20 Å². The maximum absolute atomic E-state index is 9.04. The first kappa shape index (κ1) is 11.6. The maximum atomic E-state index is 9.04. The van der Waals surface area contributed by atoms with Gasteiger partial charge in [0.1, 0.15) is 11.7 Å². The zero-order chi connectivity index (χ0) is 11.3. The largest absolute Gasteiger partial charge is 0.240 e. The Bertz CT molecular complexity index is 352. The van der Waals surface area contributed by atoms with Crippen LogP contribution in [0.25, 0.3) is 0 Å². The molecule has 0 aliphatic carbocycles.